The fourth-order valence-corrected chi connectivity index (χ4v) is 42.2. The summed E-state index contributed by atoms with van der Waals surface area (Å²) in [6.45, 7) is 57.5. The second kappa shape index (κ2) is 19.4. The van der Waals surface area contributed by atoms with Gasteiger partial charge in [-0.25, -0.2) is 9.59 Å². The molecule has 0 aliphatic heterocycles. The molecule has 0 amide bonds. The van der Waals surface area contributed by atoms with Crippen LogP contribution in [0.4, 0.5) is 0 Å². The largest absolute Gasteiger partial charge is 0.386 e. The van der Waals surface area contributed by atoms with Crippen LogP contribution in [0.15, 0.2) is 36.4 Å². The second-order valence-corrected chi connectivity index (χ2v) is 45.5. The Balaban J connectivity index is 3.14. The Labute approximate surface area is 357 Å². The lowest BCUT2D eigenvalue weighted by Gasteiger charge is -2.47. The SMILES string of the molecule is CC(C)[Si](c1cc(C(=O)OC(=O)c2cc([Si](C(C)C)(C(C)C)C(C)C)cc([Si](C(C)C)(C(C)C)C(C)C)c2)cc([Si](C(C)C)(C(C)C)C(C)C)c1)(C(C)C)C(C)C. The first-order valence-corrected chi connectivity index (χ1v) is 32.0. The van der Waals surface area contributed by atoms with Gasteiger partial charge in [-0.05, 0) is 90.8 Å². The topological polar surface area (TPSA) is 43.4 Å². The van der Waals surface area contributed by atoms with E-state index in [0.29, 0.717) is 77.6 Å². The highest BCUT2D eigenvalue weighted by Crippen LogP contribution is 2.46. The van der Waals surface area contributed by atoms with E-state index >= 15 is 0 Å². The molecule has 7 heteroatoms. The molecular weight excluding hydrogens is 761 g/mol. The number of rotatable bonds is 18. The average molecular weight is 852 g/mol. The number of carbonyl (C=O) groups is 2. The summed E-state index contributed by atoms with van der Waals surface area (Å²) in [5.74, 6) is -1.01. The summed E-state index contributed by atoms with van der Waals surface area (Å²) in [5, 5.41) is 5.41. The fraction of sp³-hybridized carbons (Fsp3) is 0.720. The highest BCUT2D eigenvalue weighted by atomic mass is 28.3. The van der Waals surface area contributed by atoms with Crippen LogP contribution < -0.4 is 20.7 Å². The van der Waals surface area contributed by atoms with Gasteiger partial charge in [0, 0.05) is 0 Å². The predicted octanol–water partition coefficient (Wildman–Crippen LogP) is 14.2. The standard InChI is InChI=1S/C50H90O3Si4/c1-31(2)54(32(3)4,33(5)6)45-25-43(26-46(29-45)55(34(7)8,35(9)10)36(11)12)49(51)53-50(52)44-27-47(56(37(13)14,38(15)16)39(17)18)30-48(28-44)57(40(19)20,41(21)22)42(23)24/h25-42H,1-24H3. The van der Waals surface area contributed by atoms with Gasteiger partial charge in [0.1, 0.15) is 0 Å². The molecule has 0 bridgehead atoms. The van der Waals surface area contributed by atoms with Crippen molar-refractivity contribution in [1.82, 2.24) is 0 Å². The summed E-state index contributed by atoms with van der Waals surface area (Å²) in [7, 11) is -8.73. The molecule has 0 N–H and O–H groups in total. The highest BCUT2D eigenvalue weighted by molar-refractivity contribution is 6.98. The van der Waals surface area contributed by atoms with Crippen molar-refractivity contribution in [2.75, 3.05) is 0 Å². The molecule has 2 aromatic carbocycles. The summed E-state index contributed by atoms with van der Waals surface area (Å²) in [4.78, 5) is 29.6. The third-order valence-electron chi connectivity index (χ3n) is 16.0. The van der Waals surface area contributed by atoms with E-state index in [1.54, 1.807) is 0 Å². The maximum Gasteiger partial charge on any atom is 0.346 e. The Morgan fingerprint density at radius 2 is 0.439 bits per heavy atom. The molecule has 0 heterocycles. The van der Waals surface area contributed by atoms with E-state index in [0.717, 1.165) is 0 Å². The molecular formula is C50H90O3Si4. The molecule has 0 saturated carbocycles. The number of hydrogen-bond donors (Lipinski definition) is 0. The average Bonchev–Trinajstić information content (AvgIpc) is 3.03. The van der Waals surface area contributed by atoms with E-state index in [2.05, 4.69) is 203 Å². The van der Waals surface area contributed by atoms with Crippen LogP contribution in [-0.2, 0) is 4.74 Å². The van der Waals surface area contributed by atoms with Crippen LogP contribution in [0.1, 0.15) is 187 Å². The third kappa shape index (κ3) is 8.80. The van der Waals surface area contributed by atoms with E-state index in [4.69, 9.17) is 4.74 Å². The monoisotopic (exact) mass is 851 g/mol. The van der Waals surface area contributed by atoms with Crippen molar-refractivity contribution in [1.29, 1.82) is 0 Å². The fourth-order valence-electron chi connectivity index (χ4n) is 14.7. The van der Waals surface area contributed by atoms with Gasteiger partial charge < -0.3 is 4.74 Å². The normalized spacial score (nSPS) is 13.9. The van der Waals surface area contributed by atoms with Crippen LogP contribution in [0.2, 0.25) is 66.5 Å². The molecule has 0 aliphatic rings. The molecule has 2 aromatic rings. The molecule has 57 heavy (non-hydrogen) atoms. The summed E-state index contributed by atoms with van der Waals surface area (Å²) in [5.41, 5.74) is 6.85. The molecule has 0 aliphatic carbocycles. The van der Waals surface area contributed by atoms with Crippen molar-refractivity contribution in [3.8, 4) is 0 Å². The highest BCUT2D eigenvalue weighted by Gasteiger charge is 2.50. The van der Waals surface area contributed by atoms with Crippen LogP contribution >= 0.6 is 0 Å². The first-order chi connectivity index (χ1) is 26.0. The van der Waals surface area contributed by atoms with Gasteiger partial charge in [-0.2, -0.15) is 0 Å². The van der Waals surface area contributed by atoms with Gasteiger partial charge in [0.25, 0.3) is 0 Å². The van der Waals surface area contributed by atoms with Crippen LogP contribution in [0.3, 0.4) is 0 Å². The van der Waals surface area contributed by atoms with Crippen LogP contribution in [0.25, 0.3) is 0 Å². The lowest BCUT2D eigenvalue weighted by atomic mass is 10.2. The maximum absolute atomic E-state index is 14.8. The minimum absolute atomic E-state index is 0.479. The molecule has 0 aromatic heterocycles. The van der Waals surface area contributed by atoms with E-state index in [-0.39, 0.29) is 0 Å². The van der Waals surface area contributed by atoms with Gasteiger partial charge in [-0.1, -0.05) is 199 Å². The zero-order chi connectivity index (χ0) is 44.5. The van der Waals surface area contributed by atoms with Crippen molar-refractivity contribution in [3.63, 3.8) is 0 Å². The van der Waals surface area contributed by atoms with Crippen molar-refractivity contribution in [3.05, 3.63) is 47.5 Å². The third-order valence-corrected chi connectivity index (χ3v) is 44.1. The molecule has 324 valence electrons. The smallest absolute Gasteiger partial charge is 0.346 e. The van der Waals surface area contributed by atoms with Gasteiger partial charge in [-0.15, -0.1) is 0 Å². The zero-order valence-corrected chi connectivity index (χ0v) is 45.6. The zero-order valence-electron chi connectivity index (χ0n) is 41.6. The molecule has 3 nitrogen and oxygen atoms in total. The molecule has 0 unspecified atom stereocenters. The summed E-state index contributed by atoms with van der Waals surface area (Å²) < 4.78 is 6.20. The Kier molecular flexibility index (Phi) is 17.6. The van der Waals surface area contributed by atoms with Gasteiger partial charge in [-0.3, -0.25) is 0 Å². The summed E-state index contributed by atoms with van der Waals surface area (Å²) in [6.07, 6.45) is 0. The summed E-state index contributed by atoms with van der Waals surface area (Å²) in [6, 6.07) is 13.8. The number of carbonyl (C=O) groups excluding carboxylic acids is 2. The Bertz CT molecular complexity index is 1350. The van der Waals surface area contributed by atoms with Crippen molar-refractivity contribution in [2.24, 2.45) is 0 Å². The quantitative estimate of drug-likeness (QED) is 0.0852. The number of hydrogen-bond acceptors (Lipinski definition) is 3. The van der Waals surface area contributed by atoms with Gasteiger partial charge in [0.15, 0.2) is 0 Å². The van der Waals surface area contributed by atoms with Gasteiger partial charge in [0.05, 0.1) is 43.4 Å². The molecule has 0 spiro atoms. The molecule has 0 saturated heterocycles. The first-order valence-electron chi connectivity index (χ1n) is 23.1. The van der Waals surface area contributed by atoms with Gasteiger partial charge in [0.2, 0.25) is 0 Å². The van der Waals surface area contributed by atoms with Crippen molar-refractivity contribution >= 4 is 65.0 Å². The molecule has 0 atom stereocenters. The lowest BCUT2D eigenvalue weighted by molar-refractivity contribution is 0.0398. The number of benzene rings is 2. The van der Waals surface area contributed by atoms with Crippen molar-refractivity contribution < 1.29 is 14.3 Å². The van der Waals surface area contributed by atoms with Gasteiger partial charge >= 0.3 is 11.9 Å². The lowest BCUT2D eigenvalue weighted by Crippen LogP contribution is -2.60. The molecule has 0 radical (unpaired) electrons. The predicted molar refractivity (Wildman–Crippen MR) is 265 cm³/mol. The van der Waals surface area contributed by atoms with Crippen molar-refractivity contribution in [2.45, 2.75) is 233 Å². The number of ether oxygens (including phenoxy) is 1. The van der Waals surface area contributed by atoms with E-state index < -0.39 is 44.2 Å². The Hall–Kier alpha value is -1.55. The second-order valence-electron chi connectivity index (χ2n) is 21.9. The first kappa shape index (κ1) is 51.6. The molecule has 2 rings (SSSR count). The van der Waals surface area contributed by atoms with Crippen LogP contribution in [-0.4, -0.2) is 44.2 Å². The number of esters is 2. The van der Waals surface area contributed by atoms with Crippen LogP contribution in [0, 0.1) is 0 Å². The maximum atomic E-state index is 14.8. The van der Waals surface area contributed by atoms with E-state index in [1.807, 2.05) is 0 Å². The van der Waals surface area contributed by atoms with E-state index in [1.165, 1.54) is 20.7 Å². The summed E-state index contributed by atoms with van der Waals surface area (Å²) >= 11 is 0. The van der Waals surface area contributed by atoms with Crippen LogP contribution in [0.5, 0.6) is 0 Å². The Morgan fingerprint density at radius 1 is 0.298 bits per heavy atom. The minimum Gasteiger partial charge on any atom is -0.386 e. The van der Waals surface area contributed by atoms with E-state index in [9.17, 15) is 9.59 Å². The Morgan fingerprint density at radius 3 is 0.561 bits per heavy atom. The minimum atomic E-state index is -2.18. The molecule has 0 fully saturated rings.